The summed E-state index contributed by atoms with van der Waals surface area (Å²) in [6.45, 7) is 3.15. The average molecular weight is 377 g/mol. The molecule has 0 spiro atoms. The van der Waals surface area contributed by atoms with E-state index in [1.165, 1.54) is 6.20 Å². The monoisotopic (exact) mass is 377 g/mol. The van der Waals surface area contributed by atoms with Crippen molar-refractivity contribution in [2.45, 2.75) is 13.5 Å². The van der Waals surface area contributed by atoms with Crippen LogP contribution in [0.5, 0.6) is 0 Å². The SMILES string of the molecule is COCCN(Cc1ccccc1C)C(=O)c1cnc(-c2ccccc2)[nH]c1=O. The number of hydrogen-bond donors (Lipinski definition) is 1. The van der Waals surface area contributed by atoms with Gasteiger partial charge in [-0.2, -0.15) is 0 Å². The summed E-state index contributed by atoms with van der Waals surface area (Å²) < 4.78 is 5.14. The average Bonchev–Trinajstić information content (AvgIpc) is 2.72. The number of aromatic amines is 1. The number of benzene rings is 2. The number of nitrogens with zero attached hydrogens (tertiary/aromatic N) is 2. The molecule has 0 aliphatic carbocycles. The molecule has 3 aromatic rings. The standard InChI is InChI=1S/C22H23N3O3/c1-16-8-6-7-11-18(16)15-25(12-13-28-2)22(27)19-14-23-20(24-21(19)26)17-9-4-3-5-10-17/h3-11,14H,12-13,15H2,1-2H3,(H,23,24,26). The zero-order valence-electron chi connectivity index (χ0n) is 16.0. The minimum absolute atomic E-state index is 0.0179. The minimum Gasteiger partial charge on any atom is -0.383 e. The fourth-order valence-electron chi connectivity index (χ4n) is 2.91. The second kappa shape index (κ2) is 9.10. The Balaban J connectivity index is 1.88. The van der Waals surface area contributed by atoms with Crippen molar-refractivity contribution in [1.82, 2.24) is 14.9 Å². The number of rotatable bonds is 7. The molecule has 0 saturated carbocycles. The van der Waals surface area contributed by atoms with Crippen LogP contribution >= 0.6 is 0 Å². The van der Waals surface area contributed by atoms with Gasteiger partial charge in [0.15, 0.2) is 0 Å². The first-order valence-electron chi connectivity index (χ1n) is 9.07. The van der Waals surface area contributed by atoms with Crippen molar-refractivity contribution >= 4 is 5.91 Å². The van der Waals surface area contributed by atoms with E-state index in [1.54, 1.807) is 12.0 Å². The summed E-state index contributed by atoms with van der Waals surface area (Å²) in [5, 5.41) is 0. The number of methoxy groups -OCH3 is 1. The van der Waals surface area contributed by atoms with Crippen LogP contribution in [0, 0.1) is 6.92 Å². The van der Waals surface area contributed by atoms with E-state index in [4.69, 9.17) is 4.74 Å². The summed E-state index contributed by atoms with van der Waals surface area (Å²) in [5.74, 6) is 0.0677. The maximum atomic E-state index is 13.0. The zero-order valence-corrected chi connectivity index (χ0v) is 16.0. The van der Waals surface area contributed by atoms with Gasteiger partial charge in [0.05, 0.1) is 6.61 Å². The van der Waals surface area contributed by atoms with Gasteiger partial charge in [-0.25, -0.2) is 4.98 Å². The van der Waals surface area contributed by atoms with Gasteiger partial charge < -0.3 is 14.6 Å². The molecule has 1 heterocycles. The zero-order chi connectivity index (χ0) is 19.9. The summed E-state index contributed by atoms with van der Waals surface area (Å²) in [4.78, 5) is 34.2. The second-order valence-electron chi connectivity index (χ2n) is 6.49. The van der Waals surface area contributed by atoms with Gasteiger partial charge in [-0.1, -0.05) is 54.6 Å². The summed E-state index contributed by atoms with van der Waals surface area (Å²) in [7, 11) is 1.58. The number of carbonyl (C=O) groups excluding carboxylic acids is 1. The Labute approximate surface area is 163 Å². The number of ether oxygens (including phenoxy) is 1. The van der Waals surface area contributed by atoms with Crippen LogP contribution in [0.4, 0.5) is 0 Å². The summed E-state index contributed by atoms with van der Waals surface area (Å²) in [6, 6.07) is 17.2. The Morgan fingerprint density at radius 3 is 2.50 bits per heavy atom. The highest BCUT2D eigenvalue weighted by atomic mass is 16.5. The van der Waals surface area contributed by atoms with E-state index in [2.05, 4.69) is 9.97 Å². The third kappa shape index (κ3) is 4.53. The van der Waals surface area contributed by atoms with E-state index < -0.39 is 5.56 Å². The lowest BCUT2D eigenvalue weighted by Crippen LogP contribution is -2.37. The number of aromatic nitrogens is 2. The lowest BCUT2D eigenvalue weighted by atomic mass is 10.1. The van der Waals surface area contributed by atoms with Gasteiger partial charge in [-0.3, -0.25) is 9.59 Å². The van der Waals surface area contributed by atoms with E-state index in [0.717, 1.165) is 16.7 Å². The van der Waals surface area contributed by atoms with Gasteiger partial charge in [-0.15, -0.1) is 0 Å². The molecule has 1 N–H and O–H groups in total. The van der Waals surface area contributed by atoms with Gasteiger partial charge in [0.1, 0.15) is 11.4 Å². The fraction of sp³-hybridized carbons (Fsp3) is 0.227. The second-order valence-corrected chi connectivity index (χ2v) is 6.49. The number of hydrogen-bond acceptors (Lipinski definition) is 4. The molecule has 0 saturated heterocycles. The molecule has 0 fully saturated rings. The topological polar surface area (TPSA) is 75.3 Å². The molecule has 0 unspecified atom stereocenters. The van der Waals surface area contributed by atoms with Crippen LogP contribution in [0.25, 0.3) is 11.4 Å². The van der Waals surface area contributed by atoms with Crippen LogP contribution in [-0.2, 0) is 11.3 Å². The van der Waals surface area contributed by atoms with Crippen molar-refractivity contribution in [3.8, 4) is 11.4 Å². The van der Waals surface area contributed by atoms with Crippen LogP contribution in [0.1, 0.15) is 21.5 Å². The molecule has 144 valence electrons. The van der Waals surface area contributed by atoms with Crippen molar-refractivity contribution in [1.29, 1.82) is 0 Å². The molecule has 6 heteroatoms. The van der Waals surface area contributed by atoms with E-state index in [1.807, 2.05) is 61.5 Å². The first-order valence-corrected chi connectivity index (χ1v) is 9.07. The molecular formula is C22H23N3O3. The number of H-pyrrole nitrogens is 1. The largest absolute Gasteiger partial charge is 0.383 e. The van der Waals surface area contributed by atoms with Crippen LogP contribution < -0.4 is 5.56 Å². The van der Waals surface area contributed by atoms with Crippen molar-refractivity contribution in [3.63, 3.8) is 0 Å². The molecule has 28 heavy (non-hydrogen) atoms. The van der Waals surface area contributed by atoms with Gasteiger partial charge in [-0.05, 0) is 18.1 Å². The highest BCUT2D eigenvalue weighted by Crippen LogP contribution is 2.14. The van der Waals surface area contributed by atoms with E-state index in [9.17, 15) is 9.59 Å². The molecule has 3 rings (SSSR count). The maximum Gasteiger partial charge on any atom is 0.264 e. The first kappa shape index (κ1) is 19.5. The lowest BCUT2D eigenvalue weighted by molar-refractivity contribution is 0.0678. The van der Waals surface area contributed by atoms with Crippen LogP contribution in [-0.4, -0.2) is 41.0 Å². The highest BCUT2D eigenvalue weighted by molar-refractivity contribution is 5.93. The molecular weight excluding hydrogens is 354 g/mol. The van der Waals surface area contributed by atoms with Gasteiger partial charge in [0, 0.05) is 32.0 Å². The van der Waals surface area contributed by atoms with Crippen LogP contribution in [0.15, 0.2) is 65.6 Å². The Hall–Kier alpha value is -3.25. The molecule has 0 atom stereocenters. The number of nitrogens with one attached hydrogen (secondary N) is 1. The molecule has 6 nitrogen and oxygen atoms in total. The van der Waals surface area contributed by atoms with Crippen LogP contribution in [0.3, 0.4) is 0 Å². The van der Waals surface area contributed by atoms with Crippen molar-refractivity contribution in [2.75, 3.05) is 20.3 Å². The number of carbonyl (C=O) groups is 1. The Bertz CT molecular complexity index is 999. The highest BCUT2D eigenvalue weighted by Gasteiger charge is 2.20. The summed E-state index contributed by atoms with van der Waals surface area (Å²) >= 11 is 0. The molecule has 1 amide bonds. The van der Waals surface area contributed by atoms with Crippen LogP contribution in [0.2, 0.25) is 0 Å². The number of amides is 1. The molecule has 0 radical (unpaired) electrons. The molecule has 2 aromatic carbocycles. The van der Waals surface area contributed by atoms with E-state index >= 15 is 0 Å². The third-order valence-electron chi connectivity index (χ3n) is 4.55. The quantitative estimate of drug-likeness (QED) is 0.687. The third-order valence-corrected chi connectivity index (χ3v) is 4.55. The van der Waals surface area contributed by atoms with Crippen molar-refractivity contribution in [3.05, 3.63) is 87.8 Å². The predicted octanol–water partition coefficient (Wildman–Crippen LogP) is 3.03. The minimum atomic E-state index is -0.453. The van der Waals surface area contributed by atoms with Gasteiger partial charge in [0.25, 0.3) is 11.5 Å². The molecule has 0 aliphatic rings. The fourth-order valence-corrected chi connectivity index (χ4v) is 2.91. The first-order chi connectivity index (χ1) is 13.6. The molecule has 1 aromatic heterocycles. The predicted molar refractivity (Wildman–Crippen MR) is 108 cm³/mol. The van der Waals surface area contributed by atoms with Gasteiger partial charge >= 0.3 is 0 Å². The van der Waals surface area contributed by atoms with E-state index in [0.29, 0.717) is 25.5 Å². The Kier molecular flexibility index (Phi) is 6.34. The van der Waals surface area contributed by atoms with Crippen molar-refractivity contribution < 1.29 is 9.53 Å². The lowest BCUT2D eigenvalue weighted by Gasteiger charge is -2.23. The molecule has 0 bridgehead atoms. The molecule has 0 aliphatic heterocycles. The summed E-state index contributed by atoms with van der Waals surface area (Å²) in [5.41, 5.74) is 2.46. The normalized spacial score (nSPS) is 10.6. The Morgan fingerprint density at radius 1 is 1.11 bits per heavy atom. The number of aryl methyl sites for hydroxylation is 1. The van der Waals surface area contributed by atoms with Crippen molar-refractivity contribution in [2.24, 2.45) is 0 Å². The summed E-state index contributed by atoms with van der Waals surface area (Å²) in [6.07, 6.45) is 1.35. The Morgan fingerprint density at radius 2 is 1.82 bits per heavy atom. The maximum absolute atomic E-state index is 13.0. The smallest absolute Gasteiger partial charge is 0.264 e. The van der Waals surface area contributed by atoms with Gasteiger partial charge in [0.2, 0.25) is 0 Å². The van der Waals surface area contributed by atoms with E-state index in [-0.39, 0.29) is 11.5 Å².